The predicted molar refractivity (Wildman–Crippen MR) is 76.8 cm³/mol. The van der Waals surface area contributed by atoms with Gasteiger partial charge in [0, 0.05) is 6.54 Å². The van der Waals surface area contributed by atoms with E-state index in [0.717, 1.165) is 31.5 Å². The molecular formula is C13H18N4O3S. The summed E-state index contributed by atoms with van der Waals surface area (Å²) in [6.45, 7) is 3.76. The molecule has 2 rings (SSSR count). The Bertz CT molecular complexity index is 639. The van der Waals surface area contributed by atoms with Crippen LogP contribution in [0.25, 0.3) is 0 Å². The fourth-order valence-electron chi connectivity index (χ4n) is 1.71. The van der Waals surface area contributed by atoms with Crippen LogP contribution in [-0.2, 0) is 23.1 Å². The normalized spacial score (nSPS) is 11.7. The van der Waals surface area contributed by atoms with E-state index in [9.17, 15) is 8.42 Å². The monoisotopic (exact) mass is 310 g/mol. The topological polar surface area (TPSA) is 97.1 Å². The minimum Gasteiger partial charge on any atom is -0.343 e. The van der Waals surface area contributed by atoms with E-state index in [1.165, 1.54) is 0 Å². The number of sulfonamides is 1. The van der Waals surface area contributed by atoms with Gasteiger partial charge in [-0.1, -0.05) is 24.2 Å². The molecule has 0 amide bonds. The molecule has 1 aromatic carbocycles. The molecule has 0 spiro atoms. The largest absolute Gasteiger partial charge is 0.343 e. The summed E-state index contributed by atoms with van der Waals surface area (Å²) in [5.41, 5.74) is 1.04. The van der Waals surface area contributed by atoms with Crippen molar-refractivity contribution < 1.29 is 12.9 Å². The van der Waals surface area contributed by atoms with Crippen LogP contribution < -0.4 is 10.0 Å². The van der Waals surface area contributed by atoms with E-state index in [-0.39, 0.29) is 11.4 Å². The van der Waals surface area contributed by atoms with Crippen LogP contribution in [-0.4, -0.2) is 25.1 Å². The van der Waals surface area contributed by atoms with E-state index in [2.05, 4.69) is 31.6 Å². The molecule has 0 aliphatic carbocycles. The summed E-state index contributed by atoms with van der Waals surface area (Å²) in [6.07, 6.45) is 2.22. The molecule has 1 heterocycles. The van der Waals surface area contributed by atoms with E-state index in [1.54, 1.807) is 24.3 Å². The zero-order valence-corrected chi connectivity index (χ0v) is 12.6. The summed E-state index contributed by atoms with van der Waals surface area (Å²) in [5, 5.41) is 6.81. The Morgan fingerprint density at radius 3 is 2.57 bits per heavy atom. The summed E-state index contributed by atoms with van der Waals surface area (Å²) in [6, 6.07) is 6.76. The molecule has 0 atom stereocenters. The Morgan fingerprint density at radius 1 is 1.19 bits per heavy atom. The second-order valence-electron chi connectivity index (χ2n) is 4.49. The number of nitrogens with one attached hydrogen (secondary N) is 2. The van der Waals surface area contributed by atoms with Crippen LogP contribution in [0.3, 0.4) is 0 Å². The van der Waals surface area contributed by atoms with Crippen LogP contribution in [0, 0.1) is 0 Å². The van der Waals surface area contributed by atoms with Gasteiger partial charge in [0.15, 0.2) is 5.82 Å². The van der Waals surface area contributed by atoms with Gasteiger partial charge in [0.1, 0.15) is 0 Å². The molecule has 2 aromatic rings. The lowest BCUT2D eigenvalue weighted by molar-refractivity contribution is 0.409. The van der Waals surface area contributed by atoms with Gasteiger partial charge >= 0.3 is 0 Å². The van der Waals surface area contributed by atoms with Crippen LogP contribution in [0.2, 0.25) is 0 Å². The lowest BCUT2D eigenvalue weighted by Gasteiger charge is -2.07. The van der Waals surface area contributed by atoms with Crippen molar-refractivity contribution in [3.8, 4) is 0 Å². The Balaban J connectivity index is 1.96. The molecule has 21 heavy (non-hydrogen) atoms. The van der Waals surface area contributed by atoms with E-state index in [0.29, 0.717) is 5.82 Å². The molecular weight excluding hydrogens is 292 g/mol. The quantitative estimate of drug-likeness (QED) is 0.707. The second kappa shape index (κ2) is 7.30. The van der Waals surface area contributed by atoms with Crippen LogP contribution in [0.1, 0.15) is 24.7 Å². The van der Waals surface area contributed by atoms with Gasteiger partial charge in [0.25, 0.3) is 0 Å². The van der Waals surface area contributed by atoms with Gasteiger partial charge in [0.2, 0.25) is 16.4 Å². The number of hydrogen-bond acceptors (Lipinski definition) is 6. The standard InChI is InChI=1S/C13H18N4O3S/c1-2-7-14-8-11-3-5-12(6-4-11)21(18,19)16-9-13-15-10-20-17-13/h3-6,10,14,16H,2,7-9H2,1H3. The molecule has 2 N–H and O–H groups in total. The lowest BCUT2D eigenvalue weighted by Crippen LogP contribution is -2.23. The first-order valence-electron chi connectivity index (χ1n) is 6.66. The molecule has 0 bridgehead atoms. The summed E-state index contributed by atoms with van der Waals surface area (Å²) >= 11 is 0. The Kier molecular flexibility index (Phi) is 5.43. The Hall–Kier alpha value is -1.77. The van der Waals surface area contributed by atoms with Crippen LogP contribution in [0.5, 0.6) is 0 Å². The number of benzene rings is 1. The number of nitrogens with zero attached hydrogens (tertiary/aromatic N) is 2. The molecule has 1 aromatic heterocycles. The Labute approximate surface area is 123 Å². The lowest BCUT2D eigenvalue weighted by atomic mass is 10.2. The van der Waals surface area contributed by atoms with Gasteiger partial charge in [-0.2, -0.15) is 4.98 Å². The summed E-state index contributed by atoms with van der Waals surface area (Å²) in [5.74, 6) is 0.291. The molecule has 0 radical (unpaired) electrons. The third-order valence-corrected chi connectivity index (χ3v) is 4.23. The SMILES string of the molecule is CCCNCc1ccc(S(=O)(=O)NCc2ncon2)cc1. The molecule has 0 unspecified atom stereocenters. The Morgan fingerprint density at radius 2 is 1.95 bits per heavy atom. The van der Waals surface area contributed by atoms with Crippen molar-refractivity contribution in [3.05, 3.63) is 42.0 Å². The van der Waals surface area contributed by atoms with Gasteiger partial charge < -0.3 is 9.84 Å². The fourth-order valence-corrected chi connectivity index (χ4v) is 2.69. The highest BCUT2D eigenvalue weighted by Gasteiger charge is 2.14. The second-order valence-corrected chi connectivity index (χ2v) is 6.26. The van der Waals surface area contributed by atoms with Crippen molar-refractivity contribution in [1.29, 1.82) is 0 Å². The number of rotatable bonds is 8. The minimum absolute atomic E-state index is 0.00135. The first-order chi connectivity index (χ1) is 10.1. The fraction of sp³-hybridized carbons (Fsp3) is 0.385. The molecule has 0 fully saturated rings. The highest BCUT2D eigenvalue weighted by atomic mass is 32.2. The maximum Gasteiger partial charge on any atom is 0.240 e. The zero-order chi connectivity index (χ0) is 15.1. The van der Waals surface area contributed by atoms with Gasteiger partial charge in [0.05, 0.1) is 11.4 Å². The molecule has 0 saturated heterocycles. The minimum atomic E-state index is -3.57. The maximum atomic E-state index is 12.1. The van der Waals surface area contributed by atoms with Gasteiger partial charge in [-0.3, -0.25) is 0 Å². The first-order valence-corrected chi connectivity index (χ1v) is 8.14. The van der Waals surface area contributed by atoms with Gasteiger partial charge in [-0.15, -0.1) is 0 Å². The summed E-state index contributed by atoms with van der Waals surface area (Å²) in [4.78, 5) is 3.97. The highest BCUT2D eigenvalue weighted by Crippen LogP contribution is 2.11. The molecule has 8 heteroatoms. The molecule has 114 valence electrons. The van der Waals surface area contributed by atoms with E-state index < -0.39 is 10.0 Å². The van der Waals surface area contributed by atoms with E-state index in [1.807, 2.05) is 0 Å². The average Bonchev–Trinajstić information content (AvgIpc) is 3.00. The van der Waals surface area contributed by atoms with Crippen molar-refractivity contribution in [2.45, 2.75) is 31.3 Å². The van der Waals surface area contributed by atoms with Crippen molar-refractivity contribution in [2.75, 3.05) is 6.54 Å². The molecule has 0 saturated carbocycles. The third-order valence-electron chi connectivity index (χ3n) is 2.82. The van der Waals surface area contributed by atoms with Crippen molar-refractivity contribution in [2.24, 2.45) is 0 Å². The average molecular weight is 310 g/mol. The number of hydrogen-bond donors (Lipinski definition) is 2. The van der Waals surface area contributed by atoms with Gasteiger partial charge in [-0.25, -0.2) is 13.1 Å². The zero-order valence-electron chi connectivity index (χ0n) is 11.7. The van der Waals surface area contributed by atoms with Crippen LogP contribution >= 0.6 is 0 Å². The highest BCUT2D eigenvalue weighted by molar-refractivity contribution is 7.89. The van der Waals surface area contributed by atoms with Crippen molar-refractivity contribution >= 4 is 10.0 Å². The molecule has 7 nitrogen and oxygen atoms in total. The van der Waals surface area contributed by atoms with Crippen molar-refractivity contribution in [3.63, 3.8) is 0 Å². The summed E-state index contributed by atoms with van der Waals surface area (Å²) in [7, 11) is -3.57. The maximum absolute atomic E-state index is 12.1. The van der Waals surface area contributed by atoms with E-state index in [4.69, 9.17) is 0 Å². The predicted octanol–water partition coefficient (Wildman–Crippen LogP) is 1.05. The molecule has 0 aliphatic rings. The number of aromatic nitrogens is 2. The smallest absolute Gasteiger partial charge is 0.240 e. The summed E-state index contributed by atoms with van der Waals surface area (Å²) < 4.78 is 31.1. The van der Waals surface area contributed by atoms with E-state index >= 15 is 0 Å². The van der Waals surface area contributed by atoms with Crippen LogP contribution in [0.4, 0.5) is 0 Å². The first kappa shape index (κ1) is 15.6. The molecule has 0 aliphatic heterocycles. The third kappa shape index (κ3) is 4.62. The van der Waals surface area contributed by atoms with Crippen molar-refractivity contribution in [1.82, 2.24) is 20.2 Å². The van der Waals surface area contributed by atoms with Gasteiger partial charge in [-0.05, 0) is 30.7 Å². The van der Waals surface area contributed by atoms with Crippen LogP contribution in [0.15, 0.2) is 40.1 Å².